The van der Waals surface area contributed by atoms with Gasteiger partial charge in [-0.2, -0.15) is 13.2 Å². The standard InChI is InChI=1S/C15H12F3NO4/c1-9(14(20)21)22-11-4-2-3-5-12(11)23-13-7-6-10(8-19-13)15(16,17)18/h2-9H,1H3,(H,20,21). The number of aliphatic carboxylic acids is 1. The Labute approximate surface area is 129 Å². The number of nitrogens with zero attached hydrogens (tertiary/aromatic N) is 1. The smallest absolute Gasteiger partial charge is 0.417 e. The van der Waals surface area contributed by atoms with Crippen LogP contribution in [-0.4, -0.2) is 22.2 Å². The molecule has 0 aliphatic rings. The third kappa shape index (κ3) is 4.35. The largest absolute Gasteiger partial charge is 0.479 e. The minimum atomic E-state index is -4.48. The lowest BCUT2D eigenvalue weighted by Crippen LogP contribution is -2.23. The highest BCUT2D eigenvalue weighted by molar-refractivity contribution is 5.72. The Balaban J connectivity index is 2.18. The lowest BCUT2D eigenvalue weighted by molar-refractivity contribution is -0.144. The van der Waals surface area contributed by atoms with E-state index in [4.69, 9.17) is 14.6 Å². The van der Waals surface area contributed by atoms with Crippen LogP contribution in [0.3, 0.4) is 0 Å². The molecule has 1 aromatic heterocycles. The Morgan fingerprint density at radius 2 is 1.83 bits per heavy atom. The molecule has 1 N–H and O–H groups in total. The van der Waals surface area contributed by atoms with Crippen molar-refractivity contribution in [2.75, 3.05) is 0 Å². The summed E-state index contributed by atoms with van der Waals surface area (Å²) in [6.45, 7) is 1.34. The van der Waals surface area contributed by atoms with Crippen molar-refractivity contribution in [2.24, 2.45) is 0 Å². The second-order valence-corrected chi connectivity index (χ2v) is 4.53. The topological polar surface area (TPSA) is 68.7 Å². The predicted molar refractivity (Wildman–Crippen MR) is 73.5 cm³/mol. The number of carbonyl (C=O) groups is 1. The Kier molecular flexibility index (Phi) is 4.73. The molecule has 1 atom stereocenters. The molecule has 23 heavy (non-hydrogen) atoms. The van der Waals surface area contributed by atoms with Gasteiger partial charge in [0, 0.05) is 12.3 Å². The van der Waals surface area contributed by atoms with Gasteiger partial charge in [-0.3, -0.25) is 0 Å². The van der Waals surface area contributed by atoms with Crippen molar-refractivity contribution >= 4 is 5.97 Å². The fraction of sp³-hybridized carbons (Fsp3) is 0.200. The second-order valence-electron chi connectivity index (χ2n) is 4.53. The van der Waals surface area contributed by atoms with Crippen LogP contribution < -0.4 is 9.47 Å². The van der Waals surface area contributed by atoms with E-state index in [-0.39, 0.29) is 17.4 Å². The van der Waals surface area contributed by atoms with E-state index in [0.717, 1.165) is 12.1 Å². The van der Waals surface area contributed by atoms with Gasteiger partial charge in [0.25, 0.3) is 0 Å². The molecule has 0 spiro atoms. The molecule has 0 bridgehead atoms. The van der Waals surface area contributed by atoms with Crippen LogP contribution in [0.4, 0.5) is 13.2 Å². The van der Waals surface area contributed by atoms with E-state index in [1.807, 2.05) is 0 Å². The number of halogens is 3. The summed E-state index contributed by atoms with van der Waals surface area (Å²) in [5, 5.41) is 8.85. The second kappa shape index (κ2) is 6.55. The van der Waals surface area contributed by atoms with Gasteiger partial charge in [0.05, 0.1) is 5.56 Å². The maximum absolute atomic E-state index is 12.5. The number of alkyl halides is 3. The maximum atomic E-state index is 12.5. The first-order chi connectivity index (χ1) is 10.8. The number of pyridine rings is 1. The molecule has 0 saturated carbocycles. The zero-order chi connectivity index (χ0) is 17.0. The minimum Gasteiger partial charge on any atom is -0.479 e. The fourth-order valence-corrected chi connectivity index (χ4v) is 1.59. The zero-order valence-corrected chi connectivity index (χ0v) is 11.9. The quantitative estimate of drug-likeness (QED) is 0.906. The normalized spacial score (nSPS) is 12.5. The average molecular weight is 327 g/mol. The molecule has 0 amide bonds. The third-order valence-corrected chi connectivity index (χ3v) is 2.78. The Bertz CT molecular complexity index is 686. The van der Waals surface area contributed by atoms with E-state index in [2.05, 4.69) is 4.98 Å². The molecule has 122 valence electrons. The summed E-state index contributed by atoms with van der Waals surface area (Å²) >= 11 is 0. The summed E-state index contributed by atoms with van der Waals surface area (Å²) in [5.41, 5.74) is -0.895. The van der Waals surface area contributed by atoms with E-state index < -0.39 is 23.8 Å². The van der Waals surface area contributed by atoms with Gasteiger partial charge in [-0.05, 0) is 25.1 Å². The van der Waals surface area contributed by atoms with Crippen molar-refractivity contribution < 1.29 is 32.5 Å². The monoisotopic (exact) mass is 327 g/mol. The molecule has 0 aliphatic carbocycles. The zero-order valence-electron chi connectivity index (χ0n) is 11.9. The van der Waals surface area contributed by atoms with Crippen molar-refractivity contribution in [1.29, 1.82) is 0 Å². The van der Waals surface area contributed by atoms with Gasteiger partial charge in [-0.1, -0.05) is 12.1 Å². The molecule has 8 heteroatoms. The third-order valence-electron chi connectivity index (χ3n) is 2.78. The molecule has 1 unspecified atom stereocenters. The van der Waals surface area contributed by atoms with Crippen LogP contribution in [0.5, 0.6) is 17.4 Å². The molecule has 0 radical (unpaired) electrons. The molecule has 0 fully saturated rings. The Hall–Kier alpha value is -2.77. The first-order valence-corrected chi connectivity index (χ1v) is 6.47. The van der Waals surface area contributed by atoms with Crippen LogP contribution in [0.2, 0.25) is 0 Å². The molecular formula is C15H12F3NO4. The van der Waals surface area contributed by atoms with Crippen LogP contribution in [0.25, 0.3) is 0 Å². The summed E-state index contributed by atoms with van der Waals surface area (Å²) in [4.78, 5) is 14.4. The number of aromatic nitrogens is 1. The highest BCUT2D eigenvalue weighted by Gasteiger charge is 2.30. The van der Waals surface area contributed by atoms with E-state index in [0.29, 0.717) is 6.20 Å². The van der Waals surface area contributed by atoms with Crippen LogP contribution >= 0.6 is 0 Å². The van der Waals surface area contributed by atoms with Gasteiger partial charge in [-0.25, -0.2) is 9.78 Å². The molecule has 5 nitrogen and oxygen atoms in total. The van der Waals surface area contributed by atoms with Gasteiger partial charge in [0.1, 0.15) is 0 Å². The summed E-state index contributed by atoms with van der Waals surface area (Å²) < 4.78 is 48.0. The van der Waals surface area contributed by atoms with Crippen LogP contribution in [0.15, 0.2) is 42.6 Å². The maximum Gasteiger partial charge on any atom is 0.417 e. The number of benzene rings is 1. The Morgan fingerprint density at radius 3 is 2.35 bits per heavy atom. The number of ether oxygens (including phenoxy) is 2. The highest BCUT2D eigenvalue weighted by atomic mass is 19.4. The van der Waals surface area contributed by atoms with Gasteiger partial charge in [0.2, 0.25) is 5.88 Å². The first-order valence-electron chi connectivity index (χ1n) is 6.47. The van der Waals surface area contributed by atoms with Crippen molar-refractivity contribution in [1.82, 2.24) is 4.98 Å². The van der Waals surface area contributed by atoms with Gasteiger partial charge in [-0.15, -0.1) is 0 Å². The SMILES string of the molecule is CC(Oc1ccccc1Oc1ccc(C(F)(F)F)cn1)C(=O)O. The van der Waals surface area contributed by atoms with E-state index >= 15 is 0 Å². The highest BCUT2D eigenvalue weighted by Crippen LogP contribution is 2.33. The van der Waals surface area contributed by atoms with E-state index in [1.165, 1.54) is 19.1 Å². The van der Waals surface area contributed by atoms with Crippen molar-refractivity contribution in [3.63, 3.8) is 0 Å². The first kappa shape index (κ1) is 16.6. The number of hydrogen-bond donors (Lipinski definition) is 1. The molecule has 1 heterocycles. The number of carboxylic acid groups (broad SMARTS) is 1. The lowest BCUT2D eigenvalue weighted by atomic mass is 10.3. The Morgan fingerprint density at radius 1 is 1.17 bits per heavy atom. The van der Waals surface area contributed by atoms with Crippen LogP contribution in [-0.2, 0) is 11.0 Å². The summed E-state index contributed by atoms with van der Waals surface area (Å²) in [5.74, 6) is -0.943. The lowest BCUT2D eigenvalue weighted by Gasteiger charge is -2.14. The molecule has 2 aromatic rings. The van der Waals surface area contributed by atoms with Crippen LogP contribution in [0.1, 0.15) is 12.5 Å². The summed E-state index contributed by atoms with van der Waals surface area (Å²) in [7, 11) is 0. The average Bonchev–Trinajstić information content (AvgIpc) is 2.48. The number of hydrogen-bond acceptors (Lipinski definition) is 4. The molecule has 0 aliphatic heterocycles. The van der Waals surface area contributed by atoms with Crippen molar-refractivity contribution in [3.05, 3.63) is 48.2 Å². The van der Waals surface area contributed by atoms with Crippen LogP contribution in [0, 0.1) is 0 Å². The molecule has 2 rings (SSSR count). The number of para-hydroxylation sites is 2. The predicted octanol–water partition coefficient (Wildman–Crippen LogP) is 3.74. The summed E-state index contributed by atoms with van der Waals surface area (Å²) in [6, 6.07) is 8.10. The summed E-state index contributed by atoms with van der Waals surface area (Å²) in [6.07, 6.45) is -4.94. The van der Waals surface area contributed by atoms with E-state index in [1.54, 1.807) is 12.1 Å². The fourth-order valence-electron chi connectivity index (χ4n) is 1.59. The van der Waals surface area contributed by atoms with Crippen molar-refractivity contribution in [2.45, 2.75) is 19.2 Å². The molecule has 1 aromatic carbocycles. The van der Waals surface area contributed by atoms with Gasteiger partial charge in [0.15, 0.2) is 17.6 Å². The number of carboxylic acids is 1. The molecular weight excluding hydrogens is 315 g/mol. The van der Waals surface area contributed by atoms with Gasteiger partial charge >= 0.3 is 12.1 Å². The number of rotatable bonds is 5. The molecule has 0 saturated heterocycles. The van der Waals surface area contributed by atoms with Gasteiger partial charge < -0.3 is 14.6 Å². The van der Waals surface area contributed by atoms with Crippen molar-refractivity contribution in [3.8, 4) is 17.4 Å². The minimum absolute atomic E-state index is 0.0722. The van der Waals surface area contributed by atoms with E-state index in [9.17, 15) is 18.0 Å².